The second-order valence-corrected chi connectivity index (χ2v) is 8.79. The van der Waals surface area contributed by atoms with Gasteiger partial charge in [0.25, 0.3) is 0 Å². The van der Waals surface area contributed by atoms with E-state index in [1.54, 1.807) is 0 Å². The van der Waals surface area contributed by atoms with Crippen molar-refractivity contribution in [1.29, 1.82) is 0 Å². The summed E-state index contributed by atoms with van der Waals surface area (Å²) in [6.45, 7) is 3.23. The summed E-state index contributed by atoms with van der Waals surface area (Å²) in [6.07, 6.45) is 2.11. The third-order valence-electron chi connectivity index (χ3n) is 3.71. The molecule has 1 aliphatic rings. The molecule has 21 heavy (non-hydrogen) atoms. The van der Waals surface area contributed by atoms with Gasteiger partial charge in [-0.3, -0.25) is 0 Å². The van der Waals surface area contributed by atoms with Crippen LogP contribution in [0.2, 0.25) is 10.0 Å². The average molecular weight is 358 g/mol. The molecule has 3 rings (SSSR count). The summed E-state index contributed by atoms with van der Waals surface area (Å²) in [6, 6.07) is 8.45. The van der Waals surface area contributed by atoms with E-state index in [-0.39, 0.29) is 0 Å². The fraction of sp³-hybridized carbons (Fsp3) is 0.375. The van der Waals surface area contributed by atoms with Crippen molar-refractivity contribution in [2.75, 3.05) is 6.54 Å². The number of hydrogen-bond acceptors (Lipinski definition) is 3. The quantitative estimate of drug-likeness (QED) is 0.740. The summed E-state index contributed by atoms with van der Waals surface area (Å²) in [5, 5.41) is 8.00. The van der Waals surface area contributed by atoms with Crippen LogP contribution in [0.5, 0.6) is 0 Å². The number of nitrogens with one attached hydrogen (secondary N) is 1. The lowest BCUT2D eigenvalue weighted by Crippen LogP contribution is -2.28. The average Bonchev–Trinajstić information content (AvgIpc) is 2.89. The van der Waals surface area contributed by atoms with Gasteiger partial charge < -0.3 is 5.32 Å². The molecule has 0 radical (unpaired) electrons. The molecule has 1 unspecified atom stereocenters. The van der Waals surface area contributed by atoms with Crippen LogP contribution in [0.1, 0.15) is 30.5 Å². The zero-order chi connectivity index (χ0) is 14.8. The van der Waals surface area contributed by atoms with Crippen molar-refractivity contribution in [2.45, 2.75) is 35.3 Å². The number of halogens is 2. The number of fused-ring (bicyclic) bond motifs is 1. The van der Waals surface area contributed by atoms with Crippen molar-refractivity contribution in [3.05, 3.63) is 50.8 Å². The van der Waals surface area contributed by atoms with Crippen LogP contribution in [0, 0.1) is 0 Å². The molecule has 1 aromatic heterocycles. The topological polar surface area (TPSA) is 12.0 Å². The fourth-order valence-electron chi connectivity index (χ4n) is 2.65. The zero-order valence-electron chi connectivity index (χ0n) is 11.7. The minimum absolute atomic E-state index is 0.466. The summed E-state index contributed by atoms with van der Waals surface area (Å²) < 4.78 is 1.47. The molecule has 0 fully saturated rings. The Morgan fingerprint density at radius 2 is 2.14 bits per heavy atom. The molecule has 1 nitrogen and oxygen atoms in total. The molecule has 0 amide bonds. The van der Waals surface area contributed by atoms with Crippen molar-refractivity contribution in [3.63, 3.8) is 0 Å². The van der Waals surface area contributed by atoms with Crippen molar-refractivity contribution < 1.29 is 0 Å². The van der Waals surface area contributed by atoms with E-state index in [1.807, 2.05) is 41.3 Å². The predicted molar refractivity (Wildman–Crippen MR) is 95.2 cm³/mol. The first kappa shape index (κ1) is 15.7. The number of benzene rings is 1. The monoisotopic (exact) mass is 357 g/mol. The first-order valence-corrected chi connectivity index (χ1v) is 9.56. The van der Waals surface area contributed by atoms with E-state index in [0.29, 0.717) is 16.3 Å². The molecule has 1 N–H and O–H groups in total. The van der Waals surface area contributed by atoms with Gasteiger partial charge in [-0.1, -0.05) is 36.2 Å². The first-order valence-electron chi connectivity index (χ1n) is 7.05. The molecule has 0 saturated heterocycles. The summed E-state index contributed by atoms with van der Waals surface area (Å²) in [7, 11) is 0. The number of thioether (sulfide) groups is 1. The molecule has 0 saturated carbocycles. The van der Waals surface area contributed by atoms with Crippen LogP contribution in [0.4, 0.5) is 0 Å². The van der Waals surface area contributed by atoms with Crippen LogP contribution in [0.15, 0.2) is 33.9 Å². The minimum atomic E-state index is 0.466. The van der Waals surface area contributed by atoms with Gasteiger partial charge in [0.2, 0.25) is 0 Å². The third kappa shape index (κ3) is 3.77. The lowest BCUT2D eigenvalue weighted by molar-refractivity contribution is 0.492. The van der Waals surface area contributed by atoms with Crippen molar-refractivity contribution in [1.82, 2.24) is 5.32 Å². The van der Waals surface area contributed by atoms with Gasteiger partial charge in [-0.2, -0.15) is 0 Å². The van der Waals surface area contributed by atoms with Crippen LogP contribution >= 0.6 is 46.3 Å². The third-order valence-corrected chi connectivity index (χ3v) is 6.64. The Morgan fingerprint density at radius 3 is 2.95 bits per heavy atom. The maximum Gasteiger partial charge on any atom is 0.0649 e. The molecular weight excluding hydrogens is 341 g/mol. The van der Waals surface area contributed by atoms with Crippen molar-refractivity contribution in [3.8, 4) is 0 Å². The van der Waals surface area contributed by atoms with Gasteiger partial charge in [-0.05, 0) is 54.1 Å². The summed E-state index contributed by atoms with van der Waals surface area (Å²) in [5.74, 6) is 0. The van der Waals surface area contributed by atoms with Gasteiger partial charge in [-0.25, -0.2) is 0 Å². The molecule has 2 heterocycles. The van der Waals surface area contributed by atoms with Gasteiger partial charge in [0.05, 0.1) is 4.21 Å². The highest BCUT2D eigenvalue weighted by molar-refractivity contribution is 8.01. The lowest BCUT2D eigenvalue weighted by Gasteiger charge is -2.27. The van der Waals surface area contributed by atoms with E-state index < -0.39 is 0 Å². The Kier molecular flexibility index (Phi) is 5.18. The molecule has 1 aliphatic heterocycles. The van der Waals surface area contributed by atoms with Gasteiger partial charge in [-0.15, -0.1) is 23.1 Å². The molecule has 0 aliphatic carbocycles. The second-order valence-electron chi connectivity index (χ2n) is 5.32. The van der Waals surface area contributed by atoms with E-state index in [0.717, 1.165) is 23.6 Å². The Bertz CT molecular complexity index is 626. The molecule has 0 bridgehead atoms. The molecule has 112 valence electrons. The summed E-state index contributed by atoms with van der Waals surface area (Å²) in [5.41, 5.74) is 2.61. The predicted octanol–water partition coefficient (Wildman–Crippen LogP) is 5.81. The lowest BCUT2D eigenvalue weighted by atomic mass is 10.0. The number of hydrogen-bond donors (Lipinski definition) is 1. The Morgan fingerprint density at radius 1 is 1.29 bits per heavy atom. The van der Waals surface area contributed by atoms with E-state index in [2.05, 4.69) is 23.7 Å². The minimum Gasteiger partial charge on any atom is -0.309 e. The maximum absolute atomic E-state index is 6.22. The van der Waals surface area contributed by atoms with Crippen LogP contribution in [-0.2, 0) is 6.42 Å². The van der Waals surface area contributed by atoms with Crippen LogP contribution in [0.3, 0.4) is 0 Å². The smallest absolute Gasteiger partial charge is 0.0649 e. The van der Waals surface area contributed by atoms with Crippen LogP contribution in [0.25, 0.3) is 0 Å². The standard InChI is InChI=1S/C16H17Cl2NS2/c1-10-8-15(13-5-7-20-16(13)21-10)19-6-4-11-2-3-12(17)9-14(11)18/h2-3,5,7,9-10,15,19H,4,6,8H2,1H3/t10-,15?/m0/s1. The van der Waals surface area contributed by atoms with Crippen molar-refractivity contribution >= 4 is 46.3 Å². The maximum atomic E-state index is 6.22. The van der Waals surface area contributed by atoms with E-state index >= 15 is 0 Å². The SMILES string of the molecule is C[C@H]1CC(NCCc2ccc(Cl)cc2Cl)c2ccsc2S1. The Hall–Kier alpha value is -0.190. The molecule has 2 aromatic rings. The largest absolute Gasteiger partial charge is 0.309 e. The second kappa shape index (κ2) is 6.93. The normalized spacial score (nSPS) is 21.3. The first-order chi connectivity index (χ1) is 10.1. The number of rotatable bonds is 4. The molecule has 0 spiro atoms. The summed E-state index contributed by atoms with van der Waals surface area (Å²) >= 11 is 16.0. The molecular formula is C16H17Cl2NS2. The van der Waals surface area contributed by atoms with Gasteiger partial charge in [0.1, 0.15) is 0 Å². The highest BCUT2D eigenvalue weighted by Gasteiger charge is 2.25. The summed E-state index contributed by atoms with van der Waals surface area (Å²) in [4.78, 5) is 0. The number of thiophene rings is 1. The molecule has 2 atom stereocenters. The van der Waals surface area contributed by atoms with Crippen LogP contribution < -0.4 is 5.32 Å². The van der Waals surface area contributed by atoms with E-state index in [1.165, 1.54) is 16.2 Å². The van der Waals surface area contributed by atoms with Gasteiger partial charge >= 0.3 is 0 Å². The Balaban J connectivity index is 1.61. The van der Waals surface area contributed by atoms with E-state index in [9.17, 15) is 0 Å². The molecule has 1 aromatic carbocycles. The Labute approximate surface area is 144 Å². The highest BCUT2D eigenvalue weighted by Crippen LogP contribution is 2.43. The molecule has 5 heteroatoms. The van der Waals surface area contributed by atoms with Crippen LogP contribution in [-0.4, -0.2) is 11.8 Å². The van der Waals surface area contributed by atoms with Gasteiger partial charge in [0, 0.05) is 21.3 Å². The zero-order valence-corrected chi connectivity index (χ0v) is 14.9. The van der Waals surface area contributed by atoms with E-state index in [4.69, 9.17) is 23.2 Å². The highest BCUT2D eigenvalue weighted by atomic mass is 35.5. The van der Waals surface area contributed by atoms with Crippen molar-refractivity contribution in [2.24, 2.45) is 0 Å². The fourth-order valence-corrected chi connectivity index (χ4v) is 5.72. The van der Waals surface area contributed by atoms with Gasteiger partial charge in [0.15, 0.2) is 0 Å².